The Hall–Kier alpha value is -2.04. The second-order valence-corrected chi connectivity index (χ2v) is 3.79. The third kappa shape index (κ3) is 2.13. The highest BCUT2D eigenvalue weighted by Crippen LogP contribution is 2.15. The molecule has 0 aliphatic carbocycles. The SMILES string of the molecule is CC(C)c1cc(NC(=O)c2ccco2)n[nH]1. The lowest BCUT2D eigenvalue weighted by Crippen LogP contribution is -2.10. The molecule has 0 aliphatic heterocycles. The Kier molecular flexibility index (Phi) is 2.76. The number of aromatic amines is 1. The molecule has 84 valence electrons. The van der Waals surface area contributed by atoms with Crippen LogP contribution in [0, 0.1) is 0 Å². The van der Waals surface area contributed by atoms with Gasteiger partial charge in [0.15, 0.2) is 11.6 Å². The molecule has 0 unspecified atom stereocenters. The minimum Gasteiger partial charge on any atom is -0.459 e. The maximum absolute atomic E-state index is 11.6. The van der Waals surface area contributed by atoms with Crippen molar-refractivity contribution >= 4 is 11.7 Å². The van der Waals surface area contributed by atoms with E-state index in [4.69, 9.17) is 4.42 Å². The molecule has 2 N–H and O–H groups in total. The molecule has 0 aliphatic rings. The van der Waals surface area contributed by atoms with E-state index in [1.54, 1.807) is 12.1 Å². The summed E-state index contributed by atoms with van der Waals surface area (Å²) < 4.78 is 4.97. The summed E-state index contributed by atoms with van der Waals surface area (Å²) in [6.45, 7) is 4.09. The van der Waals surface area contributed by atoms with E-state index in [0.717, 1.165) is 5.69 Å². The fourth-order valence-electron chi connectivity index (χ4n) is 1.28. The summed E-state index contributed by atoms with van der Waals surface area (Å²) in [5.41, 5.74) is 0.981. The molecule has 0 radical (unpaired) electrons. The lowest BCUT2D eigenvalue weighted by Gasteiger charge is -1.98. The number of hydrogen-bond donors (Lipinski definition) is 2. The number of nitrogens with zero attached hydrogens (tertiary/aromatic N) is 1. The van der Waals surface area contributed by atoms with Crippen LogP contribution < -0.4 is 5.32 Å². The third-order valence-corrected chi connectivity index (χ3v) is 2.21. The van der Waals surface area contributed by atoms with E-state index < -0.39 is 0 Å². The second kappa shape index (κ2) is 4.22. The van der Waals surface area contributed by atoms with Gasteiger partial charge in [-0.1, -0.05) is 13.8 Å². The van der Waals surface area contributed by atoms with E-state index in [1.807, 2.05) is 19.9 Å². The van der Waals surface area contributed by atoms with Crippen molar-refractivity contribution in [2.24, 2.45) is 0 Å². The largest absolute Gasteiger partial charge is 0.459 e. The molecule has 16 heavy (non-hydrogen) atoms. The molecule has 2 rings (SSSR count). The van der Waals surface area contributed by atoms with Crippen LogP contribution in [0.1, 0.15) is 36.0 Å². The number of anilines is 1. The van der Waals surface area contributed by atoms with Crippen LogP contribution in [0.4, 0.5) is 5.82 Å². The number of H-pyrrole nitrogens is 1. The zero-order chi connectivity index (χ0) is 11.5. The van der Waals surface area contributed by atoms with Gasteiger partial charge < -0.3 is 9.73 Å². The maximum atomic E-state index is 11.6. The van der Waals surface area contributed by atoms with Crippen molar-refractivity contribution in [2.45, 2.75) is 19.8 Å². The van der Waals surface area contributed by atoms with Crippen molar-refractivity contribution < 1.29 is 9.21 Å². The maximum Gasteiger partial charge on any atom is 0.292 e. The summed E-state index contributed by atoms with van der Waals surface area (Å²) in [6.07, 6.45) is 1.46. The molecule has 0 spiro atoms. The minimum atomic E-state index is -0.299. The Balaban J connectivity index is 2.07. The molecule has 2 aromatic heterocycles. The van der Waals surface area contributed by atoms with Gasteiger partial charge in [0.2, 0.25) is 0 Å². The number of carbonyl (C=O) groups excluding carboxylic acids is 1. The number of hydrogen-bond acceptors (Lipinski definition) is 3. The van der Waals surface area contributed by atoms with Crippen molar-refractivity contribution in [2.75, 3.05) is 5.32 Å². The zero-order valence-electron chi connectivity index (χ0n) is 9.15. The fourth-order valence-corrected chi connectivity index (χ4v) is 1.28. The van der Waals surface area contributed by atoms with Crippen LogP contribution in [0.15, 0.2) is 28.9 Å². The van der Waals surface area contributed by atoms with Gasteiger partial charge in [-0.3, -0.25) is 9.89 Å². The molecule has 1 amide bonds. The molecule has 5 nitrogen and oxygen atoms in total. The van der Waals surface area contributed by atoms with Gasteiger partial charge in [-0.05, 0) is 18.1 Å². The molecular formula is C11H13N3O2. The number of amides is 1. The average Bonchev–Trinajstić information content (AvgIpc) is 2.87. The molecule has 0 saturated heterocycles. The quantitative estimate of drug-likeness (QED) is 0.832. The second-order valence-electron chi connectivity index (χ2n) is 3.79. The van der Waals surface area contributed by atoms with E-state index >= 15 is 0 Å². The Morgan fingerprint density at radius 1 is 1.56 bits per heavy atom. The topological polar surface area (TPSA) is 70.9 Å². The van der Waals surface area contributed by atoms with Crippen molar-refractivity contribution in [1.82, 2.24) is 10.2 Å². The molecule has 0 saturated carbocycles. The van der Waals surface area contributed by atoms with Gasteiger partial charge in [-0.15, -0.1) is 0 Å². The van der Waals surface area contributed by atoms with E-state index in [-0.39, 0.29) is 11.7 Å². The van der Waals surface area contributed by atoms with E-state index in [2.05, 4.69) is 15.5 Å². The van der Waals surface area contributed by atoms with Crippen LogP contribution in [0.3, 0.4) is 0 Å². The number of aromatic nitrogens is 2. The summed E-state index contributed by atoms with van der Waals surface area (Å²) in [7, 11) is 0. The monoisotopic (exact) mass is 219 g/mol. The molecule has 0 bridgehead atoms. The van der Waals surface area contributed by atoms with Crippen molar-refractivity contribution in [3.05, 3.63) is 35.9 Å². The van der Waals surface area contributed by atoms with Crippen molar-refractivity contribution in [1.29, 1.82) is 0 Å². The van der Waals surface area contributed by atoms with E-state index in [9.17, 15) is 4.79 Å². The highest BCUT2D eigenvalue weighted by atomic mass is 16.3. The first-order valence-corrected chi connectivity index (χ1v) is 5.07. The van der Waals surface area contributed by atoms with Gasteiger partial charge in [0.25, 0.3) is 5.91 Å². The molecule has 2 heterocycles. The summed E-state index contributed by atoms with van der Waals surface area (Å²) in [6, 6.07) is 5.08. The smallest absolute Gasteiger partial charge is 0.292 e. The number of furan rings is 1. The zero-order valence-corrected chi connectivity index (χ0v) is 9.15. The predicted octanol–water partition coefficient (Wildman–Crippen LogP) is 2.38. The Labute approximate surface area is 92.9 Å². The highest BCUT2D eigenvalue weighted by molar-refractivity contribution is 6.01. The van der Waals surface area contributed by atoms with Gasteiger partial charge in [0.1, 0.15) is 0 Å². The van der Waals surface area contributed by atoms with Gasteiger partial charge >= 0.3 is 0 Å². The lowest BCUT2D eigenvalue weighted by atomic mass is 10.1. The van der Waals surface area contributed by atoms with Crippen molar-refractivity contribution in [3.8, 4) is 0 Å². The minimum absolute atomic E-state index is 0.272. The summed E-state index contributed by atoms with van der Waals surface area (Å²) in [4.78, 5) is 11.6. The third-order valence-electron chi connectivity index (χ3n) is 2.21. The van der Waals surface area contributed by atoms with Crippen LogP contribution in [-0.2, 0) is 0 Å². The molecule has 5 heteroatoms. The first kappa shape index (κ1) is 10.5. The van der Waals surface area contributed by atoms with Crippen LogP contribution in [0.5, 0.6) is 0 Å². The molecule has 0 atom stereocenters. The number of rotatable bonds is 3. The number of nitrogens with one attached hydrogen (secondary N) is 2. The average molecular weight is 219 g/mol. The van der Waals surface area contributed by atoms with Crippen LogP contribution in [0.25, 0.3) is 0 Å². The normalized spacial score (nSPS) is 10.7. The Morgan fingerprint density at radius 2 is 2.38 bits per heavy atom. The lowest BCUT2D eigenvalue weighted by molar-refractivity contribution is 0.0996. The van der Waals surface area contributed by atoms with Gasteiger partial charge in [-0.25, -0.2) is 0 Å². The highest BCUT2D eigenvalue weighted by Gasteiger charge is 2.11. The van der Waals surface area contributed by atoms with E-state index in [1.165, 1.54) is 6.26 Å². The molecule has 0 aromatic carbocycles. The van der Waals surface area contributed by atoms with E-state index in [0.29, 0.717) is 11.7 Å². The molecule has 0 fully saturated rings. The fraction of sp³-hybridized carbons (Fsp3) is 0.273. The van der Waals surface area contributed by atoms with Crippen LogP contribution in [-0.4, -0.2) is 16.1 Å². The number of carbonyl (C=O) groups is 1. The summed E-state index contributed by atoms with van der Waals surface area (Å²) >= 11 is 0. The Bertz CT molecular complexity index is 471. The van der Waals surface area contributed by atoms with Gasteiger partial charge in [0, 0.05) is 11.8 Å². The standard InChI is InChI=1S/C11H13N3O2/c1-7(2)8-6-10(14-13-8)12-11(15)9-4-3-5-16-9/h3-7H,1-2H3,(H2,12,13,14,15). The van der Waals surface area contributed by atoms with Crippen LogP contribution >= 0.6 is 0 Å². The first-order chi connectivity index (χ1) is 7.66. The summed E-state index contributed by atoms with van der Waals surface area (Å²) in [5.74, 6) is 0.827. The van der Waals surface area contributed by atoms with Gasteiger partial charge in [0.05, 0.1) is 6.26 Å². The first-order valence-electron chi connectivity index (χ1n) is 5.07. The summed E-state index contributed by atoms with van der Waals surface area (Å²) in [5, 5.41) is 9.49. The molecular weight excluding hydrogens is 206 g/mol. The molecule has 2 aromatic rings. The Morgan fingerprint density at radius 3 is 2.94 bits per heavy atom. The van der Waals surface area contributed by atoms with Gasteiger partial charge in [-0.2, -0.15) is 5.10 Å². The predicted molar refractivity (Wildman–Crippen MR) is 59.3 cm³/mol. The van der Waals surface area contributed by atoms with Crippen molar-refractivity contribution in [3.63, 3.8) is 0 Å². The van der Waals surface area contributed by atoms with Crippen LogP contribution in [0.2, 0.25) is 0 Å².